The summed E-state index contributed by atoms with van der Waals surface area (Å²) in [6.45, 7) is 6.27. The Labute approximate surface area is 138 Å². The molecule has 0 spiro atoms. The lowest BCUT2D eigenvalue weighted by Gasteiger charge is -2.32. The molecule has 0 saturated carbocycles. The zero-order valence-corrected chi connectivity index (χ0v) is 13.9. The van der Waals surface area contributed by atoms with Gasteiger partial charge in [0, 0.05) is 44.5 Å². The largest absolute Gasteiger partial charge is 0.378 e. The molecule has 2 heterocycles. The molecular weight excluding hydrogens is 290 g/mol. The summed E-state index contributed by atoms with van der Waals surface area (Å²) in [5.41, 5.74) is 1.24. The van der Waals surface area contributed by atoms with Crippen LogP contribution >= 0.6 is 0 Å². The number of rotatable bonds is 4. The van der Waals surface area contributed by atoms with Crippen molar-refractivity contribution in [3.05, 3.63) is 30.3 Å². The van der Waals surface area contributed by atoms with E-state index in [0.29, 0.717) is 6.10 Å². The predicted molar refractivity (Wildman–Crippen MR) is 91.8 cm³/mol. The number of hydrogen-bond donors (Lipinski definition) is 1. The van der Waals surface area contributed by atoms with Crippen LogP contribution in [0, 0.1) is 0 Å². The van der Waals surface area contributed by atoms with E-state index < -0.39 is 0 Å². The van der Waals surface area contributed by atoms with Crippen molar-refractivity contribution in [2.24, 2.45) is 0 Å². The van der Waals surface area contributed by atoms with Gasteiger partial charge in [0.2, 0.25) is 0 Å². The number of benzene rings is 1. The Hall–Kier alpha value is -1.75. The molecule has 23 heavy (non-hydrogen) atoms. The van der Waals surface area contributed by atoms with Gasteiger partial charge in [-0.3, -0.25) is 0 Å². The highest BCUT2D eigenvalue weighted by Crippen LogP contribution is 2.20. The average molecular weight is 317 g/mol. The molecule has 126 valence electrons. The lowest BCUT2D eigenvalue weighted by Crippen LogP contribution is -2.49. The summed E-state index contributed by atoms with van der Waals surface area (Å²) in [5.74, 6) is 0. The summed E-state index contributed by atoms with van der Waals surface area (Å²) in [6, 6.07) is 10.7. The fourth-order valence-corrected chi connectivity index (χ4v) is 3.48. The molecule has 2 aliphatic rings. The smallest absolute Gasteiger partial charge is 0.317 e. The Morgan fingerprint density at radius 2 is 1.91 bits per heavy atom. The molecular formula is C18H27N3O2. The van der Waals surface area contributed by atoms with Crippen molar-refractivity contribution in [2.75, 3.05) is 37.7 Å². The van der Waals surface area contributed by atoms with E-state index in [9.17, 15) is 4.79 Å². The van der Waals surface area contributed by atoms with Crippen molar-refractivity contribution in [1.29, 1.82) is 0 Å². The number of likely N-dealkylation sites (tertiary alicyclic amines) is 1. The van der Waals surface area contributed by atoms with E-state index in [-0.39, 0.29) is 12.1 Å². The highest BCUT2D eigenvalue weighted by atomic mass is 16.5. The quantitative estimate of drug-likeness (QED) is 0.928. The van der Waals surface area contributed by atoms with Gasteiger partial charge in [0.1, 0.15) is 0 Å². The van der Waals surface area contributed by atoms with Gasteiger partial charge >= 0.3 is 6.03 Å². The number of carbonyl (C=O) groups excluding carboxylic acids is 1. The molecule has 2 saturated heterocycles. The molecule has 2 amide bonds. The first-order valence-corrected chi connectivity index (χ1v) is 8.73. The second kappa shape index (κ2) is 7.68. The minimum Gasteiger partial charge on any atom is -0.378 e. The number of amides is 2. The highest BCUT2D eigenvalue weighted by Gasteiger charge is 2.28. The topological polar surface area (TPSA) is 44.8 Å². The van der Waals surface area contributed by atoms with Crippen molar-refractivity contribution in [3.63, 3.8) is 0 Å². The van der Waals surface area contributed by atoms with Gasteiger partial charge in [0.25, 0.3) is 0 Å². The van der Waals surface area contributed by atoms with Gasteiger partial charge < -0.3 is 19.9 Å². The summed E-state index contributed by atoms with van der Waals surface area (Å²) in [4.78, 5) is 16.7. The number of carbonyl (C=O) groups is 1. The molecule has 0 radical (unpaired) electrons. The minimum atomic E-state index is 0.0832. The molecule has 1 atom stereocenters. The lowest BCUT2D eigenvalue weighted by molar-refractivity contribution is 0.0218. The third-order valence-corrected chi connectivity index (χ3v) is 4.77. The number of piperidine rings is 1. The Balaban J connectivity index is 1.44. The van der Waals surface area contributed by atoms with Crippen LogP contribution < -0.4 is 10.2 Å². The SMILES string of the molecule is CCOC1CCN(C(=O)NC2CCN(c3ccccc3)C2)CC1. The molecule has 0 bridgehead atoms. The lowest BCUT2D eigenvalue weighted by atomic mass is 10.1. The van der Waals surface area contributed by atoms with Crippen molar-refractivity contribution in [1.82, 2.24) is 10.2 Å². The van der Waals surface area contributed by atoms with Crippen molar-refractivity contribution in [2.45, 2.75) is 38.3 Å². The van der Waals surface area contributed by atoms with Crippen LogP contribution in [0.2, 0.25) is 0 Å². The van der Waals surface area contributed by atoms with Gasteiger partial charge in [-0.05, 0) is 38.3 Å². The van der Waals surface area contributed by atoms with E-state index in [0.717, 1.165) is 52.0 Å². The van der Waals surface area contributed by atoms with Gasteiger partial charge in [0.15, 0.2) is 0 Å². The van der Waals surface area contributed by atoms with Gasteiger partial charge in [-0.2, -0.15) is 0 Å². The molecule has 2 fully saturated rings. The molecule has 3 rings (SSSR count). The van der Waals surface area contributed by atoms with Crippen LogP contribution in [-0.2, 0) is 4.74 Å². The number of para-hydroxylation sites is 1. The summed E-state index contributed by atoms with van der Waals surface area (Å²) in [5, 5.41) is 3.20. The summed E-state index contributed by atoms with van der Waals surface area (Å²) in [7, 11) is 0. The Morgan fingerprint density at radius 3 is 2.61 bits per heavy atom. The van der Waals surface area contributed by atoms with Crippen LogP contribution in [0.15, 0.2) is 30.3 Å². The molecule has 5 heteroatoms. The summed E-state index contributed by atoms with van der Waals surface area (Å²) >= 11 is 0. The average Bonchev–Trinajstić information content (AvgIpc) is 3.05. The molecule has 1 N–H and O–H groups in total. The zero-order valence-electron chi connectivity index (χ0n) is 13.9. The predicted octanol–water partition coefficient (Wildman–Crippen LogP) is 2.48. The van der Waals surface area contributed by atoms with Crippen LogP contribution in [0.25, 0.3) is 0 Å². The zero-order chi connectivity index (χ0) is 16.1. The Kier molecular flexibility index (Phi) is 5.39. The molecule has 1 aromatic carbocycles. The van der Waals surface area contributed by atoms with E-state index >= 15 is 0 Å². The first-order valence-electron chi connectivity index (χ1n) is 8.73. The second-order valence-corrected chi connectivity index (χ2v) is 6.36. The molecule has 0 aromatic heterocycles. The normalized spacial score (nSPS) is 22.4. The van der Waals surface area contributed by atoms with E-state index in [1.165, 1.54) is 5.69 Å². The van der Waals surface area contributed by atoms with Crippen molar-refractivity contribution >= 4 is 11.7 Å². The number of nitrogens with zero attached hydrogens (tertiary/aromatic N) is 2. The van der Waals surface area contributed by atoms with E-state index in [2.05, 4.69) is 34.5 Å². The fraction of sp³-hybridized carbons (Fsp3) is 0.611. The maximum absolute atomic E-state index is 12.4. The van der Waals surface area contributed by atoms with Crippen LogP contribution in [-0.4, -0.2) is 55.9 Å². The van der Waals surface area contributed by atoms with Crippen LogP contribution in [0.4, 0.5) is 10.5 Å². The van der Waals surface area contributed by atoms with E-state index in [1.807, 2.05) is 17.9 Å². The van der Waals surface area contributed by atoms with Gasteiger partial charge in [-0.15, -0.1) is 0 Å². The van der Waals surface area contributed by atoms with Gasteiger partial charge in [-0.1, -0.05) is 18.2 Å². The third-order valence-electron chi connectivity index (χ3n) is 4.77. The molecule has 2 aliphatic heterocycles. The standard InChI is InChI=1S/C18H27N3O2/c1-2-23-17-9-12-20(13-10-17)18(22)19-15-8-11-21(14-15)16-6-4-3-5-7-16/h3-7,15,17H,2,8-14H2,1H3,(H,19,22). The van der Waals surface area contributed by atoms with Crippen LogP contribution in [0.5, 0.6) is 0 Å². The maximum Gasteiger partial charge on any atom is 0.317 e. The number of anilines is 1. The third kappa shape index (κ3) is 4.16. The monoisotopic (exact) mass is 317 g/mol. The molecule has 0 aliphatic carbocycles. The highest BCUT2D eigenvalue weighted by molar-refractivity contribution is 5.74. The number of hydrogen-bond acceptors (Lipinski definition) is 3. The first kappa shape index (κ1) is 16.1. The van der Waals surface area contributed by atoms with Crippen LogP contribution in [0.1, 0.15) is 26.2 Å². The summed E-state index contributed by atoms with van der Waals surface area (Å²) in [6.07, 6.45) is 3.23. The maximum atomic E-state index is 12.4. The second-order valence-electron chi connectivity index (χ2n) is 6.36. The van der Waals surface area contributed by atoms with Crippen LogP contribution in [0.3, 0.4) is 0 Å². The minimum absolute atomic E-state index is 0.0832. The Morgan fingerprint density at radius 1 is 1.17 bits per heavy atom. The molecule has 5 nitrogen and oxygen atoms in total. The first-order chi connectivity index (χ1) is 11.3. The number of nitrogens with one attached hydrogen (secondary N) is 1. The summed E-state index contributed by atoms with van der Waals surface area (Å²) < 4.78 is 5.64. The van der Waals surface area contributed by atoms with Gasteiger partial charge in [-0.25, -0.2) is 4.79 Å². The van der Waals surface area contributed by atoms with Gasteiger partial charge in [0.05, 0.1) is 6.10 Å². The number of ether oxygens (including phenoxy) is 1. The van der Waals surface area contributed by atoms with E-state index in [1.54, 1.807) is 0 Å². The fourth-order valence-electron chi connectivity index (χ4n) is 3.48. The molecule has 1 unspecified atom stereocenters. The van der Waals surface area contributed by atoms with Crippen molar-refractivity contribution < 1.29 is 9.53 Å². The molecule has 1 aromatic rings. The van der Waals surface area contributed by atoms with E-state index in [4.69, 9.17) is 4.74 Å². The van der Waals surface area contributed by atoms with Crippen molar-refractivity contribution in [3.8, 4) is 0 Å². The Bertz CT molecular complexity index is 500. The number of urea groups is 1.